The summed E-state index contributed by atoms with van der Waals surface area (Å²) in [5, 5.41) is 4.09. The largest absolute Gasteiger partial charge is 0.352 e. The highest BCUT2D eigenvalue weighted by Crippen LogP contribution is 2.14. The van der Waals surface area contributed by atoms with Crippen LogP contribution in [0.25, 0.3) is 10.9 Å². The number of hydrogen-bond acceptors (Lipinski definition) is 3. The third kappa shape index (κ3) is 4.83. The zero-order valence-corrected chi connectivity index (χ0v) is 15.6. The molecule has 1 heterocycles. The fraction of sp³-hybridized carbons (Fsp3) is 0.190. The van der Waals surface area contributed by atoms with Crippen molar-refractivity contribution in [2.24, 2.45) is 0 Å². The van der Waals surface area contributed by atoms with Gasteiger partial charge in [-0.25, -0.2) is 0 Å². The molecule has 0 saturated heterocycles. The zero-order chi connectivity index (χ0) is 19.4. The maximum absolute atomic E-state index is 12.1. The average Bonchev–Trinajstić information content (AvgIpc) is 2.64. The van der Waals surface area contributed by atoms with Gasteiger partial charge in [-0.3, -0.25) is 14.4 Å². The molecule has 2 N–H and O–H groups in total. The number of halogens is 1. The topological polar surface area (TPSA) is 79.0 Å². The minimum absolute atomic E-state index is 0.0515. The van der Waals surface area contributed by atoms with Crippen LogP contribution in [0.2, 0.25) is 5.02 Å². The van der Waals surface area contributed by atoms with Gasteiger partial charge in [0.05, 0.1) is 0 Å². The smallest absolute Gasteiger partial charge is 0.253 e. The molecule has 0 bridgehead atoms. The maximum Gasteiger partial charge on any atom is 0.253 e. The molecule has 3 rings (SSSR count). The van der Waals surface area contributed by atoms with Crippen LogP contribution in [0.4, 0.5) is 0 Å². The molecule has 0 spiro atoms. The van der Waals surface area contributed by atoms with Gasteiger partial charge in [0.25, 0.3) is 5.56 Å². The lowest BCUT2D eigenvalue weighted by Gasteiger charge is -2.07. The molecule has 1 aromatic heterocycles. The Labute approximate surface area is 161 Å². The Morgan fingerprint density at radius 3 is 2.67 bits per heavy atom. The first-order chi connectivity index (χ1) is 12.9. The van der Waals surface area contributed by atoms with E-state index in [0.29, 0.717) is 16.1 Å². The van der Waals surface area contributed by atoms with E-state index in [0.717, 1.165) is 16.5 Å². The number of aromatic amines is 1. The number of rotatable bonds is 6. The Kier molecular flexibility index (Phi) is 5.72. The quantitative estimate of drug-likeness (QED) is 0.637. The summed E-state index contributed by atoms with van der Waals surface area (Å²) in [6.07, 6.45) is 0.134. The SMILES string of the molecule is Cc1ccc2[nH]c(=O)c(CNC(=O)CCC(=O)c3cccc(Cl)c3)cc2c1. The molecule has 0 unspecified atom stereocenters. The second-order valence-corrected chi connectivity index (χ2v) is 6.86. The van der Waals surface area contributed by atoms with Gasteiger partial charge in [-0.1, -0.05) is 35.4 Å². The van der Waals surface area contributed by atoms with Crippen LogP contribution in [0.15, 0.2) is 53.3 Å². The highest BCUT2D eigenvalue weighted by molar-refractivity contribution is 6.31. The molecule has 0 atom stereocenters. The molecular weight excluding hydrogens is 364 g/mol. The summed E-state index contributed by atoms with van der Waals surface area (Å²) in [7, 11) is 0. The number of Topliss-reactive ketones (excluding diaryl/α,β-unsaturated/α-hetero) is 1. The first-order valence-electron chi connectivity index (χ1n) is 8.60. The molecule has 0 radical (unpaired) electrons. The number of aryl methyl sites for hydroxylation is 1. The Hall–Kier alpha value is -2.92. The number of pyridine rings is 1. The van der Waals surface area contributed by atoms with E-state index >= 15 is 0 Å². The first kappa shape index (κ1) is 18.9. The van der Waals surface area contributed by atoms with Crippen molar-refractivity contribution in [3.8, 4) is 0 Å². The summed E-state index contributed by atoms with van der Waals surface area (Å²) in [5.41, 5.74) is 2.57. The second kappa shape index (κ2) is 8.18. The Bertz CT molecular complexity index is 1070. The van der Waals surface area contributed by atoms with Gasteiger partial charge in [-0.15, -0.1) is 0 Å². The van der Waals surface area contributed by atoms with E-state index in [1.54, 1.807) is 30.3 Å². The van der Waals surface area contributed by atoms with Crippen LogP contribution in [-0.2, 0) is 11.3 Å². The normalized spacial score (nSPS) is 10.7. The monoisotopic (exact) mass is 382 g/mol. The molecule has 138 valence electrons. The van der Waals surface area contributed by atoms with Crippen molar-refractivity contribution in [2.75, 3.05) is 0 Å². The van der Waals surface area contributed by atoms with Gasteiger partial charge in [0.15, 0.2) is 5.78 Å². The standard InChI is InChI=1S/C21H19ClN2O3/c1-13-5-6-18-15(9-13)10-16(21(27)24-18)12-23-20(26)8-7-19(25)14-3-2-4-17(22)11-14/h2-6,9-11H,7-8,12H2,1H3,(H,23,26)(H,24,27). The fourth-order valence-corrected chi connectivity index (χ4v) is 3.01. The van der Waals surface area contributed by atoms with Gasteiger partial charge in [-0.2, -0.15) is 0 Å². The summed E-state index contributed by atoms with van der Waals surface area (Å²) in [4.78, 5) is 39.1. The van der Waals surface area contributed by atoms with Crippen molar-refractivity contribution >= 4 is 34.2 Å². The van der Waals surface area contributed by atoms with Crippen molar-refractivity contribution in [1.82, 2.24) is 10.3 Å². The molecule has 3 aromatic rings. The van der Waals surface area contributed by atoms with E-state index in [1.165, 1.54) is 0 Å². The molecule has 0 saturated carbocycles. The lowest BCUT2D eigenvalue weighted by atomic mass is 10.1. The number of carbonyl (C=O) groups excluding carboxylic acids is 2. The number of hydrogen-bond donors (Lipinski definition) is 2. The molecule has 2 aromatic carbocycles. The van der Waals surface area contributed by atoms with Gasteiger partial charge in [0, 0.05) is 41.1 Å². The maximum atomic E-state index is 12.1. The number of nitrogens with one attached hydrogen (secondary N) is 2. The van der Waals surface area contributed by atoms with Crippen LogP contribution in [0, 0.1) is 6.92 Å². The highest BCUT2D eigenvalue weighted by Gasteiger charge is 2.11. The minimum Gasteiger partial charge on any atom is -0.352 e. The van der Waals surface area contributed by atoms with E-state index in [9.17, 15) is 14.4 Å². The van der Waals surface area contributed by atoms with E-state index < -0.39 is 0 Å². The van der Waals surface area contributed by atoms with Crippen LogP contribution in [-0.4, -0.2) is 16.7 Å². The number of carbonyl (C=O) groups is 2. The van der Waals surface area contributed by atoms with Crippen molar-refractivity contribution < 1.29 is 9.59 Å². The Morgan fingerprint density at radius 2 is 1.89 bits per heavy atom. The second-order valence-electron chi connectivity index (χ2n) is 6.42. The average molecular weight is 383 g/mol. The third-order valence-corrected chi connectivity index (χ3v) is 4.51. The van der Waals surface area contributed by atoms with Crippen LogP contribution >= 0.6 is 11.6 Å². The summed E-state index contributed by atoms with van der Waals surface area (Å²) in [6, 6.07) is 14.2. The van der Waals surface area contributed by atoms with Gasteiger partial charge in [0.1, 0.15) is 0 Å². The molecule has 0 aliphatic heterocycles. The molecule has 1 amide bonds. The van der Waals surface area contributed by atoms with Gasteiger partial charge in [-0.05, 0) is 42.6 Å². The van der Waals surface area contributed by atoms with Crippen molar-refractivity contribution in [3.63, 3.8) is 0 Å². The molecule has 27 heavy (non-hydrogen) atoms. The van der Waals surface area contributed by atoms with E-state index in [2.05, 4.69) is 10.3 Å². The number of amides is 1. The summed E-state index contributed by atoms with van der Waals surface area (Å²) < 4.78 is 0. The highest BCUT2D eigenvalue weighted by atomic mass is 35.5. The molecule has 0 aliphatic rings. The number of fused-ring (bicyclic) bond motifs is 1. The molecule has 0 fully saturated rings. The Balaban J connectivity index is 1.59. The first-order valence-corrected chi connectivity index (χ1v) is 8.98. The molecule has 0 aliphatic carbocycles. The van der Waals surface area contributed by atoms with Crippen LogP contribution in [0.1, 0.15) is 34.3 Å². The lowest BCUT2D eigenvalue weighted by Crippen LogP contribution is -2.27. The van der Waals surface area contributed by atoms with Crippen LogP contribution in [0.5, 0.6) is 0 Å². The predicted octanol–water partition coefficient (Wildman–Crippen LogP) is 3.77. The van der Waals surface area contributed by atoms with Crippen molar-refractivity contribution in [1.29, 1.82) is 0 Å². The van der Waals surface area contributed by atoms with Crippen molar-refractivity contribution in [2.45, 2.75) is 26.3 Å². The number of H-pyrrole nitrogens is 1. The van der Waals surface area contributed by atoms with E-state index in [-0.39, 0.29) is 36.6 Å². The van der Waals surface area contributed by atoms with Gasteiger partial charge < -0.3 is 10.3 Å². The Morgan fingerprint density at radius 1 is 1.07 bits per heavy atom. The van der Waals surface area contributed by atoms with Crippen LogP contribution < -0.4 is 10.9 Å². The van der Waals surface area contributed by atoms with Crippen LogP contribution in [0.3, 0.4) is 0 Å². The summed E-state index contributed by atoms with van der Waals surface area (Å²) in [5.74, 6) is -0.430. The molecular formula is C21H19ClN2O3. The summed E-state index contributed by atoms with van der Waals surface area (Å²) >= 11 is 5.87. The lowest BCUT2D eigenvalue weighted by molar-refractivity contribution is -0.121. The minimum atomic E-state index is -0.283. The van der Waals surface area contributed by atoms with E-state index in [1.807, 2.05) is 25.1 Å². The molecule has 6 heteroatoms. The fourth-order valence-electron chi connectivity index (χ4n) is 2.82. The van der Waals surface area contributed by atoms with Crippen molar-refractivity contribution in [3.05, 3.63) is 80.6 Å². The van der Waals surface area contributed by atoms with Gasteiger partial charge >= 0.3 is 0 Å². The summed E-state index contributed by atoms with van der Waals surface area (Å²) in [6.45, 7) is 2.09. The van der Waals surface area contributed by atoms with E-state index in [4.69, 9.17) is 11.6 Å². The number of ketones is 1. The third-order valence-electron chi connectivity index (χ3n) is 4.28. The zero-order valence-electron chi connectivity index (χ0n) is 14.8. The number of aromatic nitrogens is 1. The van der Waals surface area contributed by atoms with Gasteiger partial charge in [0.2, 0.25) is 5.91 Å². The number of benzene rings is 2. The molecule has 5 nitrogen and oxygen atoms in total. The predicted molar refractivity (Wildman–Crippen MR) is 106 cm³/mol.